The lowest BCUT2D eigenvalue weighted by atomic mass is 10.2. The molecule has 0 aliphatic carbocycles. The van der Waals surface area contributed by atoms with Crippen molar-refractivity contribution in [3.63, 3.8) is 0 Å². The Kier molecular flexibility index (Phi) is 7.33. The third-order valence-corrected chi connectivity index (χ3v) is 6.97. The molecule has 0 spiro atoms. The zero-order valence-electron chi connectivity index (χ0n) is 17.4. The van der Waals surface area contributed by atoms with Gasteiger partial charge in [0.15, 0.2) is 6.61 Å². The zero-order valence-corrected chi connectivity index (χ0v) is 18.2. The predicted octanol–water partition coefficient (Wildman–Crippen LogP) is 2.56. The van der Waals surface area contributed by atoms with Crippen LogP contribution in [-0.4, -0.2) is 62.9 Å². The molecule has 1 fully saturated rings. The molecule has 1 amide bonds. The standard InChI is InChI=1S/C22H28N2O5S/c1-3-18-5-11-21(12-6-18)30(26,27)24-15-13-23(14-16-24)22(25)17-29-20-9-7-19(8-10-20)28-4-2/h5-12H,3-4,13-17H2,1-2H3. The topological polar surface area (TPSA) is 76.2 Å². The summed E-state index contributed by atoms with van der Waals surface area (Å²) >= 11 is 0. The molecule has 0 N–H and O–H groups in total. The molecule has 1 saturated heterocycles. The number of carbonyl (C=O) groups is 1. The Bertz CT molecular complexity index is 934. The molecular formula is C22H28N2O5S. The number of carbonyl (C=O) groups excluding carboxylic acids is 1. The normalized spacial score (nSPS) is 15.1. The first kappa shape index (κ1) is 22.1. The van der Waals surface area contributed by atoms with Crippen molar-refractivity contribution in [3.05, 3.63) is 54.1 Å². The Morgan fingerprint density at radius 2 is 1.43 bits per heavy atom. The number of aryl methyl sites for hydroxylation is 1. The van der Waals surface area contributed by atoms with Crippen LogP contribution in [0.3, 0.4) is 0 Å². The highest BCUT2D eigenvalue weighted by Crippen LogP contribution is 2.20. The van der Waals surface area contributed by atoms with Gasteiger partial charge < -0.3 is 14.4 Å². The molecule has 30 heavy (non-hydrogen) atoms. The number of nitrogens with zero attached hydrogens (tertiary/aromatic N) is 2. The van der Waals surface area contributed by atoms with Gasteiger partial charge in [-0.25, -0.2) is 8.42 Å². The van der Waals surface area contributed by atoms with E-state index in [1.54, 1.807) is 41.3 Å². The van der Waals surface area contributed by atoms with Crippen LogP contribution in [0.2, 0.25) is 0 Å². The minimum atomic E-state index is -3.55. The van der Waals surface area contributed by atoms with Crippen LogP contribution in [0.25, 0.3) is 0 Å². The largest absolute Gasteiger partial charge is 0.494 e. The Morgan fingerprint density at radius 3 is 1.97 bits per heavy atom. The van der Waals surface area contributed by atoms with Gasteiger partial charge in [-0.1, -0.05) is 19.1 Å². The molecule has 3 rings (SSSR count). The smallest absolute Gasteiger partial charge is 0.260 e. The van der Waals surface area contributed by atoms with E-state index >= 15 is 0 Å². The van der Waals surface area contributed by atoms with Gasteiger partial charge >= 0.3 is 0 Å². The van der Waals surface area contributed by atoms with E-state index in [0.717, 1.165) is 17.7 Å². The number of amides is 1. The van der Waals surface area contributed by atoms with Gasteiger partial charge in [0, 0.05) is 26.2 Å². The summed E-state index contributed by atoms with van der Waals surface area (Å²) in [7, 11) is -3.55. The minimum Gasteiger partial charge on any atom is -0.494 e. The van der Waals surface area contributed by atoms with Crippen LogP contribution in [0.15, 0.2) is 53.4 Å². The second-order valence-corrected chi connectivity index (χ2v) is 8.91. The van der Waals surface area contributed by atoms with E-state index in [2.05, 4.69) is 0 Å². The van der Waals surface area contributed by atoms with Crippen molar-refractivity contribution < 1.29 is 22.7 Å². The van der Waals surface area contributed by atoms with Gasteiger partial charge in [0.2, 0.25) is 10.0 Å². The molecule has 2 aromatic rings. The van der Waals surface area contributed by atoms with E-state index in [9.17, 15) is 13.2 Å². The maximum atomic E-state index is 12.8. The predicted molar refractivity (Wildman–Crippen MR) is 114 cm³/mol. The fourth-order valence-electron chi connectivity index (χ4n) is 3.26. The summed E-state index contributed by atoms with van der Waals surface area (Å²) in [6, 6.07) is 14.1. The summed E-state index contributed by atoms with van der Waals surface area (Å²) in [5, 5.41) is 0. The fraction of sp³-hybridized carbons (Fsp3) is 0.409. The van der Waals surface area contributed by atoms with Gasteiger partial charge in [-0.2, -0.15) is 4.31 Å². The number of sulfonamides is 1. The number of hydrogen-bond donors (Lipinski definition) is 0. The molecule has 0 aromatic heterocycles. The number of rotatable bonds is 8. The molecule has 0 radical (unpaired) electrons. The molecule has 0 atom stereocenters. The average molecular weight is 433 g/mol. The first-order chi connectivity index (χ1) is 14.4. The van der Waals surface area contributed by atoms with Crippen molar-refractivity contribution in [3.8, 4) is 11.5 Å². The van der Waals surface area contributed by atoms with E-state index in [1.807, 2.05) is 26.0 Å². The fourth-order valence-corrected chi connectivity index (χ4v) is 4.68. The zero-order chi connectivity index (χ0) is 21.6. The van der Waals surface area contributed by atoms with Crippen LogP contribution in [0.4, 0.5) is 0 Å². The van der Waals surface area contributed by atoms with Gasteiger partial charge in [-0.3, -0.25) is 4.79 Å². The van der Waals surface area contributed by atoms with E-state index in [0.29, 0.717) is 30.3 Å². The lowest BCUT2D eigenvalue weighted by molar-refractivity contribution is -0.134. The highest BCUT2D eigenvalue weighted by atomic mass is 32.2. The third-order valence-electron chi connectivity index (χ3n) is 5.06. The molecule has 8 heteroatoms. The first-order valence-corrected chi connectivity index (χ1v) is 11.6. The summed E-state index contributed by atoms with van der Waals surface area (Å²) in [5.41, 5.74) is 1.09. The first-order valence-electron chi connectivity index (χ1n) is 10.2. The molecule has 1 aliphatic rings. The van der Waals surface area contributed by atoms with E-state index < -0.39 is 10.0 Å². The van der Waals surface area contributed by atoms with E-state index in [4.69, 9.17) is 9.47 Å². The van der Waals surface area contributed by atoms with Crippen molar-refractivity contribution in [2.45, 2.75) is 25.2 Å². The van der Waals surface area contributed by atoms with Gasteiger partial charge in [0.05, 0.1) is 11.5 Å². The maximum absolute atomic E-state index is 12.8. The molecule has 7 nitrogen and oxygen atoms in total. The van der Waals surface area contributed by atoms with Crippen LogP contribution in [0.1, 0.15) is 19.4 Å². The van der Waals surface area contributed by atoms with Crippen molar-refractivity contribution >= 4 is 15.9 Å². The van der Waals surface area contributed by atoms with Crippen LogP contribution in [0.5, 0.6) is 11.5 Å². The van der Waals surface area contributed by atoms with Gasteiger partial charge in [-0.05, 0) is 55.3 Å². The van der Waals surface area contributed by atoms with Gasteiger partial charge in [-0.15, -0.1) is 0 Å². The number of hydrogen-bond acceptors (Lipinski definition) is 5. The molecule has 2 aromatic carbocycles. The summed E-state index contributed by atoms with van der Waals surface area (Å²) in [4.78, 5) is 14.4. The van der Waals surface area contributed by atoms with Crippen LogP contribution in [0, 0.1) is 0 Å². The molecule has 0 unspecified atom stereocenters. The molecule has 162 valence electrons. The molecule has 1 aliphatic heterocycles. The molecule has 0 bridgehead atoms. The highest BCUT2D eigenvalue weighted by Gasteiger charge is 2.30. The van der Waals surface area contributed by atoms with Gasteiger partial charge in [0.1, 0.15) is 11.5 Å². The van der Waals surface area contributed by atoms with E-state index in [1.165, 1.54) is 4.31 Å². The Hall–Kier alpha value is -2.58. The van der Waals surface area contributed by atoms with Gasteiger partial charge in [0.25, 0.3) is 5.91 Å². The minimum absolute atomic E-state index is 0.0841. The van der Waals surface area contributed by atoms with Crippen molar-refractivity contribution in [2.24, 2.45) is 0 Å². The Labute approximate surface area is 178 Å². The second kappa shape index (κ2) is 9.95. The number of benzene rings is 2. The summed E-state index contributed by atoms with van der Waals surface area (Å²) in [6.45, 7) is 5.67. The lowest BCUT2D eigenvalue weighted by Crippen LogP contribution is -2.51. The number of ether oxygens (including phenoxy) is 2. The van der Waals surface area contributed by atoms with Crippen molar-refractivity contribution in [2.75, 3.05) is 39.4 Å². The monoisotopic (exact) mass is 432 g/mol. The molecule has 0 saturated carbocycles. The molecule has 1 heterocycles. The second-order valence-electron chi connectivity index (χ2n) is 6.98. The molecular weight excluding hydrogens is 404 g/mol. The SMILES string of the molecule is CCOc1ccc(OCC(=O)N2CCN(S(=O)(=O)c3ccc(CC)cc3)CC2)cc1. The van der Waals surface area contributed by atoms with Crippen molar-refractivity contribution in [1.29, 1.82) is 0 Å². The summed E-state index contributed by atoms with van der Waals surface area (Å²) in [5.74, 6) is 1.18. The number of piperazine rings is 1. The summed E-state index contributed by atoms with van der Waals surface area (Å²) < 4.78 is 38.0. The maximum Gasteiger partial charge on any atom is 0.260 e. The Balaban J connectivity index is 1.51. The van der Waals surface area contributed by atoms with Crippen molar-refractivity contribution in [1.82, 2.24) is 9.21 Å². The average Bonchev–Trinajstić information content (AvgIpc) is 2.78. The quantitative estimate of drug-likeness (QED) is 0.641. The third kappa shape index (κ3) is 5.31. The highest BCUT2D eigenvalue weighted by molar-refractivity contribution is 7.89. The lowest BCUT2D eigenvalue weighted by Gasteiger charge is -2.34. The van der Waals surface area contributed by atoms with Crippen LogP contribution in [-0.2, 0) is 21.2 Å². The van der Waals surface area contributed by atoms with E-state index in [-0.39, 0.29) is 25.6 Å². The summed E-state index contributed by atoms with van der Waals surface area (Å²) in [6.07, 6.45) is 0.861. The Morgan fingerprint density at radius 1 is 0.867 bits per heavy atom. The van der Waals surface area contributed by atoms with Crippen LogP contribution < -0.4 is 9.47 Å². The van der Waals surface area contributed by atoms with Crippen LogP contribution >= 0.6 is 0 Å².